The Hall–Kier alpha value is -3.07. The molecule has 7 nitrogen and oxygen atoms in total. The average molecular weight is 491 g/mol. The SMILES string of the molecule is O=C(C[C@@H]1OC(=O)c2ccccc21)Nc1ccc(Cl)c(S(=O)(=O)Nc2ccccc2Cl)c1. The van der Waals surface area contributed by atoms with Crippen LogP contribution in [-0.4, -0.2) is 20.3 Å². The Balaban J connectivity index is 1.51. The summed E-state index contributed by atoms with van der Waals surface area (Å²) < 4.78 is 33.3. The molecule has 164 valence electrons. The van der Waals surface area contributed by atoms with Gasteiger partial charge in [0.05, 0.1) is 27.7 Å². The van der Waals surface area contributed by atoms with Gasteiger partial charge in [-0.3, -0.25) is 9.52 Å². The van der Waals surface area contributed by atoms with Crippen LogP contribution >= 0.6 is 23.2 Å². The monoisotopic (exact) mass is 490 g/mol. The van der Waals surface area contributed by atoms with Gasteiger partial charge in [-0.1, -0.05) is 53.5 Å². The molecule has 3 aromatic rings. The van der Waals surface area contributed by atoms with Crippen molar-refractivity contribution in [1.29, 1.82) is 0 Å². The van der Waals surface area contributed by atoms with Gasteiger partial charge in [-0.2, -0.15) is 0 Å². The molecule has 2 N–H and O–H groups in total. The largest absolute Gasteiger partial charge is 0.453 e. The van der Waals surface area contributed by atoms with Crippen LogP contribution in [0.25, 0.3) is 0 Å². The zero-order chi connectivity index (χ0) is 22.9. The van der Waals surface area contributed by atoms with Gasteiger partial charge in [0.1, 0.15) is 11.0 Å². The van der Waals surface area contributed by atoms with Crippen molar-refractivity contribution in [1.82, 2.24) is 0 Å². The molecule has 0 bridgehead atoms. The maximum atomic E-state index is 12.8. The molecule has 0 fully saturated rings. The number of carbonyl (C=O) groups is 2. The molecular weight excluding hydrogens is 475 g/mol. The predicted molar refractivity (Wildman–Crippen MR) is 122 cm³/mol. The number of esters is 1. The number of halogens is 2. The molecule has 0 spiro atoms. The smallest absolute Gasteiger partial charge is 0.339 e. The van der Waals surface area contributed by atoms with Crippen LogP contribution in [0.15, 0.2) is 71.6 Å². The molecule has 0 radical (unpaired) electrons. The number of carbonyl (C=O) groups excluding carboxylic acids is 2. The summed E-state index contributed by atoms with van der Waals surface area (Å²) in [4.78, 5) is 24.3. The first-order chi connectivity index (χ1) is 15.2. The summed E-state index contributed by atoms with van der Waals surface area (Å²) in [6.45, 7) is 0. The van der Waals surface area contributed by atoms with E-state index in [0.29, 0.717) is 11.1 Å². The normalized spacial score (nSPS) is 15.1. The molecule has 1 amide bonds. The van der Waals surface area contributed by atoms with E-state index in [0.717, 1.165) is 0 Å². The standard InChI is InChI=1S/C22H16Cl2N2O5S/c23-16-7-3-4-8-18(16)26-32(29,30)20-11-13(9-10-17(20)24)25-21(27)12-19-14-5-1-2-6-15(14)22(28)31-19/h1-11,19,26H,12H2,(H,25,27)/t19-/m0/s1. The van der Waals surface area contributed by atoms with Gasteiger partial charge in [0.15, 0.2) is 0 Å². The second-order valence-electron chi connectivity index (χ2n) is 6.96. The van der Waals surface area contributed by atoms with Crippen LogP contribution in [0, 0.1) is 0 Å². The quantitative estimate of drug-likeness (QED) is 0.471. The minimum Gasteiger partial charge on any atom is -0.453 e. The summed E-state index contributed by atoms with van der Waals surface area (Å²) in [5, 5.41) is 2.82. The van der Waals surface area contributed by atoms with E-state index in [9.17, 15) is 18.0 Å². The lowest BCUT2D eigenvalue weighted by Gasteiger charge is -2.14. The van der Waals surface area contributed by atoms with Gasteiger partial charge in [-0.05, 0) is 36.4 Å². The van der Waals surface area contributed by atoms with E-state index in [1.807, 2.05) is 0 Å². The summed E-state index contributed by atoms with van der Waals surface area (Å²) in [6.07, 6.45) is -0.832. The zero-order valence-electron chi connectivity index (χ0n) is 16.3. The fourth-order valence-electron chi connectivity index (χ4n) is 3.28. The number of cyclic esters (lactones) is 1. The maximum Gasteiger partial charge on any atom is 0.339 e. The van der Waals surface area contributed by atoms with Gasteiger partial charge >= 0.3 is 5.97 Å². The molecule has 0 aliphatic carbocycles. The van der Waals surface area contributed by atoms with Gasteiger partial charge < -0.3 is 10.1 Å². The summed E-state index contributed by atoms with van der Waals surface area (Å²) in [5.74, 6) is -0.937. The van der Waals surface area contributed by atoms with Crippen LogP contribution in [0.2, 0.25) is 10.0 Å². The van der Waals surface area contributed by atoms with Crippen molar-refractivity contribution in [2.75, 3.05) is 10.0 Å². The van der Waals surface area contributed by atoms with E-state index < -0.39 is 28.0 Å². The fourth-order valence-corrected chi connectivity index (χ4v) is 5.13. The third-order valence-corrected chi connectivity index (χ3v) is 6.95. The Morgan fingerprint density at radius 1 is 0.969 bits per heavy atom. The van der Waals surface area contributed by atoms with Gasteiger partial charge in [0.25, 0.3) is 10.0 Å². The molecule has 4 rings (SSSR count). The van der Waals surface area contributed by atoms with Gasteiger partial charge in [-0.25, -0.2) is 13.2 Å². The molecule has 0 unspecified atom stereocenters. The molecule has 10 heteroatoms. The van der Waals surface area contributed by atoms with Crippen molar-refractivity contribution < 1.29 is 22.7 Å². The molecule has 1 aliphatic heterocycles. The van der Waals surface area contributed by atoms with E-state index in [1.54, 1.807) is 42.5 Å². The van der Waals surface area contributed by atoms with E-state index in [4.69, 9.17) is 27.9 Å². The minimum absolute atomic E-state index is 0.0267. The molecule has 0 saturated carbocycles. The molecule has 0 saturated heterocycles. The van der Waals surface area contributed by atoms with E-state index >= 15 is 0 Å². The summed E-state index contributed by atoms with van der Waals surface area (Å²) in [5.41, 5.74) is 1.48. The first-order valence-corrected chi connectivity index (χ1v) is 11.6. The highest BCUT2D eigenvalue weighted by molar-refractivity contribution is 7.92. The van der Waals surface area contributed by atoms with Crippen molar-refractivity contribution in [3.63, 3.8) is 0 Å². The van der Waals surface area contributed by atoms with E-state index in [1.165, 1.54) is 24.3 Å². The number of benzene rings is 3. The van der Waals surface area contributed by atoms with Crippen LogP contribution in [-0.2, 0) is 19.6 Å². The highest BCUT2D eigenvalue weighted by atomic mass is 35.5. The number of nitrogens with one attached hydrogen (secondary N) is 2. The lowest BCUT2D eigenvalue weighted by Crippen LogP contribution is -2.17. The highest BCUT2D eigenvalue weighted by Crippen LogP contribution is 2.33. The van der Waals surface area contributed by atoms with E-state index in [2.05, 4.69) is 10.0 Å². The summed E-state index contributed by atoms with van der Waals surface area (Å²) in [7, 11) is -4.08. The molecule has 3 aromatic carbocycles. The van der Waals surface area contributed by atoms with Gasteiger partial charge in [-0.15, -0.1) is 0 Å². The number of ether oxygens (including phenoxy) is 1. The maximum absolute atomic E-state index is 12.8. The third-order valence-electron chi connectivity index (χ3n) is 4.77. The third kappa shape index (κ3) is 4.57. The first kappa shape index (κ1) is 22.1. The zero-order valence-corrected chi connectivity index (χ0v) is 18.7. The lowest BCUT2D eigenvalue weighted by molar-refractivity contribution is -0.118. The van der Waals surface area contributed by atoms with Crippen molar-refractivity contribution in [2.45, 2.75) is 17.4 Å². The second-order valence-corrected chi connectivity index (χ2v) is 9.43. The number of hydrogen-bond acceptors (Lipinski definition) is 5. The Morgan fingerprint density at radius 2 is 1.69 bits per heavy atom. The second kappa shape index (κ2) is 8.82. The Kier molecular flexibility index (Phi) is 6.10. The van der Waals surface area contributed by atoms with Crippen LogP contribution in [0.4, 0.5) is 11.4 Å². The molecule has 32 heavy (non-hydrogen) atoms. The van der Waals surface area contributed by atoms with Crippen molar-refractivity contribution in [3.05, 3.63) is 87.9 Å². The molecule has 1 aliphatic rings. The van der Waals surface area contributed by atoms with Gasteiger partial charge in [0.2, 0.25) is 5.91 Å². The topological polar surface area (TPSA) is 102 Å². The lowest BCUT2D eigenvalue weighted by atomic mass is 10.0. The van der Waals surface area contributed by atoms with Crippen molar-refractivity contribution in [2.24, 2.45) is 0 Å². The van der Waals surface area contributed by atoms with Crippen LogP contribution in [0.1, 0.15) is 28.4 Å². The van der Waals surface area contributed by atoms with Crippen LogP contribution < -0.4 is 10.0 Å². The Morgan fingerprint density at radius 3 is 2.47 bits per heavy atom. The molecule has 1 heterocycles. The molecule has 1 atom stereocenters. The number of hydrogen-bond donors (Lipinski definition) is 2. The number of sulfonamides is 1. The number of amides is 1. The van der Waals surface area contributed by atoms with E-state index in [-0.39, 0.29) is 32.7 Å². The fraction of sp³-hybridized carbons (Fsp3) is 0.0909. The van der Waals surface area contributed by atoms with Crippen LogP contribution in [0.5, 0.6) is 0 Å². The minimum atomic E-state index is -4.08. The van der Waals surface area contributed by atoms with Crippen molar-refractivity contribution in [3.8, 4) is 0 Å². The molecule has 0 aromatic heterocycles. The highest BCUT2D eigenvalue weighted by Gasteiger charge is 2.32. The molecular formula is C22H16Cl2N2O5S. The van der Waals surface area contributed by atoms with Crippen LogP contribution in [0.3, 0.4) is 0 Å². The number of anilines is 2. The number of rotatable bonds is 6. The summed E-state index contributed by atoms with van der Waals surface area (Å²) in [6, 6.07) is 17.3. The summed E-state index contributed by atoms with van der Waals surface area (Å²) >= 11 is 12.1. The first-order valence-electron chi connectivity index (χ1n) is 9.41. The number of para-hydroxylation sites is 1. The number of fused-ring (bicyclic) bond motifs is 1. The predicted octanol–water partition coefficient (Wildman–Crippen LogP) is 5.03. The van der Waals surface area contributed by atoms with Gasteiger partial charge in [0, 0.05) is 11.3 Å². The Bertz CT molecular complexity index is 1330. The Labute approximate surface area is 194 Å². The average Bonchev–Trinajstić information content (AvgIpc) is 3.06. The van der Waals surface area contributed by atoms with Crippen molar-refractivity contribution >= 4 is 56.5 Å².